The van der Waals surface area contributed by atoms with E-state index in [1.165, 1.54) is 27.8 Å². The predicted molar refractivity (Wildman–Crippen MR) is 99.3 cm³/mol. The van der Waals surface area contributed by atoms with E-state index in [9.17, 15) is 0 Å². The number of benzene rings is 1. The van der Waals surface area contributed by atoms with Gasteiger partial charge in [-0.3, -0.25) is 6.08 Å². The minimum absolute atomic E-state index is 0. The molecule has 2 heteroatoms. The van der Waals surface area contributed by atoms with E-state index in [0.29, 0.717) is 11.8 Å². The summed E-state index contributed by atoms with van der Waals surface area (Å²) < 4.78 is 5.42. The first-order chi connectivity index (χ1) is 10.6. The van der Waals surface area contributed by atoms with Gasteiger partial charge in [0.2, 0.25) is 0 Å². The van der Waals surface area contributed by atoms with Crippen LogP contribution in [0.4, 0.5) is 0 Å². The fourth-order valence-corrected chi connectivity index (χ4v) is 3.27. The van der Waals surface area contributed by atoms with Gasteiger partial charge in [-0.2, -0.15) is 11.1 Å². The van der Waals surface area contributed by atoms with Gasteiger partial charge in [0.25, 0.3) is 0 Å². The van der Waals surface area contributed by atoms with Crippen molar-refractivity contribution in [3.63, 3.8) is 0 Å². The van der Waals surface area contributed by atoms with Crippen LogP contribution in [0.25, 0.3) is 0 Å². The van der Waals surface area contributed by atoms with Crippen LogP contribution in [0.2, 0.25) is 0 Å². The van der Waals surface area contributed by atoms with Crippen LogP contribution in [0.5, 0.6) is 11.5 Å². The van der Waals surface area contributed by atoms with Crippen molar-refractivity contribution in [3.8, 4) is 11.5 Å². The van der Waals surface area contributed by atoms with Crippen molar-refractivity contribution in [2.75, 3.05) is 0 Å². The Labute approximate surface area is 163 Å². The van der Waals surface area contributed by atoms with E-state index < -0.39 is 0 Å². The van der Waals surface area contributed by atoms with E-state index in [0.717, 1.165) is 11.5 Å². The van der Waals surface area contributed by atoms with Gasteiger partial charge in [0, 0.05) is 27.3 Å². The number of hydrogen-bond donors (Lipinski definition) is 0. The van der Waals surface area contributed by atoms with Gasteiger partial charge in [0.1, 0.15) is 0 Å². The van der Waals surface area contributed by atoms with Crippen LogP contribution in [-0.4, -0.2) is 0 Å². The number of hydrogen-bond acceptors (Lipinski definition) is 1. The normalized spacial score (nSPS) is 16.9. The molecule has 0 radical (unpaired) electrons. The minimum atomic E-state index is 0. The van der Waals surface area contributed by atoms with Gasteiger partial charge in [-0.15, -0.1) is 6.92 Å². The molecule has 0 unspecified atom stereocenters. The van der Waals surface area contributed by atoms with Crippen LogP contribution in [0.1, 0.15) is 85.3 Å². The number of ether oxygens (including phenoxy) is 1. The van der Waals surface area contributed by atoms with Gasteiger partial charge in [-0.1, -0.05) is 66.9 Å². The van der Waals surface area contributed by atoms with Gasteiger partial charge in [-0.25, -0.2) is 5.57 Å². The maximum absolute atomic E-state index is 5.42. The fourth-order valence-electron chi connectivity index (χ4n) is 3.27. The van der Waals surface area contributed by atoms with Crippen molar-refractivity contribution >= 4 is 0 Å². The topological polar surface area (TPSA) is 12.5 Å². The maximum atomic E-state index is 5.42. The van der Waals surface area contributed by atoms with Gasteiger partial charge in [-0.05, 0) is 23.5 Å². The molecule has 1 aromatic rings. The van der Waals surface area contributed by atoms with E-state index in [1.54, 1.807) is 0 Å². The van der Waals surface area contributed by atoms with Crippen molar-refractivity contribution in [1.82, 2.24) is 0 Å². The zero-order valence-corrected chi connectivity index (χ0v) is 18.3. The SMILES string of the molecule is CC(C)c1ccc2c(c1C(C)C)O2.CC1=[C-]C(C)(C)C(C)=C1C.[Ti]. The van der Waals surface area contributed by atoms with E-state index >= 15 is 0 Å². The molecule has 0 saturated heterocycles. The quantitative estimate of drug-likeness (QED) is 0.315. The molecule has 0 aromatic heterocycles. The Balaban J connectivity index is 0.000000238. The summed E-state index contributed by atoms with van der Waals surface area (Å²) >= 11 is 0. The summed E-state index contributed by atoms with van der Waals surface area (Å²) in [5, 5.41) is 0. The van der Waals surface area contributed by atoms with Gasteiger partial charge in [0.15, 0.2) is 11.5 Å². The average molecular weight is 359 g/mol. The van der Waals surface area contributed by atoms with Crippen LogP contribution < -0.4 is 4.74 Å². The molecule has 1 nitrogen and oxygen atoms in total. The zero-order chi connectivity index (χ0) is 17.5. The molecule has 2 aliphatic rings. The molecule has 24 heavy (non-hydrogen) atoms. The van der Waals surface area contributed by atoms with Crippen molar-refractivity contribution < 1.29 is 26.5 Å². The first-order valence-corrected chi connectivity index (χ1v) is 8.71. The molecule has 0 amide bonds. The van der Waals surface area contributed by atoms with Crippen LogP contribution in [0.3, 0.4) is 0 Å². The largest absolute Gasteiger partial charge is 0.449 e. The van der Waals surface area contributed by atoms with Gasteiger partial charge in [0.05, 0.1) is 0 Å². The first kappa shape index (κ1) is 21.3. The fraction of sp³-hybridized carbons (Fsp3) is 0.545. The summed E-state index contributed by atoms with van der Waals surface area (Å²) in [6.45, 7) is 19.8. The number of fused-ring (bicyclic) bond motifs is 1. The smallest absolute Gasteiger partial charge is 0.173 e. The van der Waals surface area contributed by atoms with Crippen LogP contribution in [0, 0.1) is 11.5 Å². The molecule has 1 aliphatic heterocycles. The number of rotatable bonds is 2. The van der Waals surface area contributed by atoms with Crippen LogP contribution in [-0.2, 0) is 21.7 Å². The molecular formula is C22H31OTi-. The Morgan fingerprint density at radius 1 is 0.958 bits per heavy atom. The first-order valence-electron chi connectivity index (χ1n) is 8.71. The Kier molecular flexibility index (Phi) is 6.75. The monoisotopic (exact) mass is 359 g/mol. The third kappa shape index (κ3) is 4.24. The van der Waals surface area contributed by atoms with Gasteiger partial charge >= 0.3 is 0 Å². The standard InChI is InChI=1S/C12H16O.C10H15.Ti/c1-7(2)9-5-6-10-12(13-10)11(9)8(3)4;1-7-6-10(4,5)9(3)8(7)2;/h5-8H,1-4H3;1-5H3;/q;-1;. The molecule has 0 atom stereocenters. The Morgan fingerprint density at radius 3 is 1.88 bits per heavy atom. The molecule has 0 saturated carbocycles. The van der Waals surface area contributed by atoms with E-state index in [4.69, 9.17) is 4.74 Å². The van der Waals surface area contributed by atoms with Crippen LogP contribution >= 0.6 is 0 Å². The van der Waals surface area contributed by atoms with Crippen LogP contribution in [0.15, 0.2) is 28.9 Å². The van der Waals surface area contributed by atoms with E-state index in [2.05, 4.69) is 80.5 Å². The van der Waals surface area contributed by atoms with Crippen molar-refractivity contribution in [1.29, 1.82) is 0 Å². The molecule has 1 aliphatic carbocycles. The molecule has 3 rings (SSSR count). The Hall–Kier alpha value is -0.786. The van der Waals surface area contributed by atoms with E-state index in [1.807, 2.05) is 0 Å². The van der Waals surface area contributed by atoms with E-state index in [-0.39, 0.29) is 27.1 Å². The third-order valence-electron chi connectivity index (χ3n) is 5.13. The number of allylic oxidation sites excluding steroid dienone is 4. The summed E-state index contributed by atoms with van der Waals surface area (Å²) in [7, 11) is 0. The summed E-state index contributed by atoms with van der Waals surface area (Å²) in [4.78, 5) is 0. The molecule has 0 spiro atoms. The molecule has 1 aromatic carbocycles. The Morgan fingerprint density at radius 2 is 1.54 bits per heavy atom. The second-order valence-electron chi connectivity index (χ2n) is 7.93. The average Bonchev–Trinajstić information content (AvgIpc) is 3.19. The summed E-state index contributed by atoms with van der Waals surface area (Å²) in [5.74, 6) is 3.37. The third-order valence-corrected chi connectivity index (χ3v) is 5.13. The molecule has 1 heterocycles. The van der Waals surface area contributed by atoms with Crippen molar-refractivity contribution in [2.45, 2.75) is 74.1 Å². The van der Waals surface area contributed by atoms with Crippen molar-refractivity contribution in [2.24, 2.45) is 5.41 Å². The maximum Gasteiger partial charge on any atom is 0.173 e. The molecule has 0 N–H and O–H groups in total. The molecule has 0 fully saturated rings. The second-order valence-corrected chi connectivity index (χ2v) is 7.93. The summed E-state index contributed by atoms with van der Waals surface area (Å²) in [6.07, 6.45) is 3.44. The summed E-state index contributed by atoms with van der Waals surface area (Å²) in [5.41, 5.74) is 7.24. The minimum Gasteiger partial charge on any atom is -0.449 e. The molecule has 0 bridgehead atoms. The van der Waals surface area contributed by atoms with Crippen molar-refractivity contribution in [3.05, 3.63) is 46.1 Å². The molecule has 130 valence electrons. The summed E-state index contributed by atoms with van der Waals surface area (Å²) in [6, 6.07) is 4.28. The second kappa shape index (κ2) is 7.62. The zero-order valence-electron chi connectivity index (χ0n) is 16.7. The predicted octanol–water partition coefficient (Wildman–Crippen LogP) is 7.15. The van der Waals surface area contributed by atoms with Gasteiger partial charge < -0.3 is 4.74 Å². The molecular weight excluding hydrogens is 328 g/mol. The Bertz CT molecular complexity index is 675.